The summed E-state index contributed by atoms with van der Waals surface area (Å²) < 4.78 is 29.7. The van der Waals surface area contributed by atoms with E-state index in [2.05, 4.69) is 15.1 Å². The maximum Gasteiger partial charge on any atom is 0.253 e. The van der Waals surface area contributed by atoms with Gasteiger partial charge in [0.25, 0.3) is 5.89 Å². The molecule has 0 saturated carbocycles. The number of rotatable bonds is 5. The van der Waals surface area contributed by atoms with Gasteiger partial charge in [-0.1, -0.05) is 0 Å². The minimum Gasteiger partial charge on any atom is -0.484 e. The normalized spacial score (nSPS) is 22.4. The van der Waals surface area contributed by atoms with Gasteiger partial charge in [0.1, 0.15) is 11.6 Å². The highest BCUT2D eigenvalue weighted by molar-refractivity contribution is 5.22. The van der Waals surface area contributed by atoms with Crippen molar-refractivity contribution in [2.75, 3.05) is 26.3 Å². The molecule has 0 aliphatic carbocycles. The molecule has 0 radical (unpaired) electrons. The van der Waals surface area contributed by atoms with E-state index >= 15 is 0 Å². The van der Waals surface area contributed by atoms with Crippen LogP contribution >= 0.6 is 0 Å². The van der Waals surface area contributed by atoms with E-state index in [0.29, 0.717) is 23.6 Å². The first-order valence-corrected chi connectivity index (χ1v) is 8.80. The Labute approximate surface area is 145 Å². The van der Waals surface area contributed by atoms with E-state index in [1.165, 1.54) is 12.1 Å². The van der Waals surface area contributed by atoms with Crippen molar-refractivity contribution in [3.63, 3.8) is 0 Å². The first-order chi connectivity index (χ1) is 12.3. The first-order valence-electron chi connectivity index (χ1n) is 8.80. The Bertz CT molecular complexity index is 685. The van der Waals surface area contributed by atoms with Crippen molar-refractivity contribution in [1.29, 1.82) is 0 Å². The van der Waals surface area contributed by atoms with E-state index in [4.69, 9.17) is 13.9 Å². The zero-order chi connectivity index (χ0) is 17.1. The zero-order valence-electron chi connectivity index (χ0n) is 14.1. The molecule has 7 heteroatoms. The fourth-order valence-electron chi connectivity index (χ4n) is 3.54. The standard InChI is InChI=1S/C18H22FN3O3/c19-14-1-3-16(4-2-14)24-12-17-20-21-18(25-17)13-5-8-22(11-13)15-6-9-23-10-7-15/h1-4,13,15H,5-12H2. The van der Waals surface area contributed by atoms with E-state index < -0.39 is 0 Å². The molecule has 1 unspecified atom stereocenters. The number of hydrogen-bond acceptors (Lipinski definition) is 6. The Morgan fingerprint density at radius 3 is 2.72 bits per heavy atom. The summed E-state index contributed by atoms with van der Waals surface area (Å²) >= 11 is 0. The van der Waals surface area contributed by atoms with Crippen LogP contribution in [0.4, 0.5) is 4.39 Å². The molecule has 2 aromatic rings. The Hall–Kier alpha value is -1.99. The van der Waals surface area contributed by atoms with Crippen LogP contribution in [0.5, 0.6) is 5.75 Å². The number of aromatic nitrogens is 2. The number of ether oxygens (including phenoxy) is 2. The highest BCUT2D eigenvalue weighted by Gasteiger charge is 2.32. The fraction of sp³-hybridized carbons (Fsp3) is 0.556. The second-order valence-corrected chi connectivity index (χ2v) is 6.60. The fourth-order valence-corrected chi connectivity index (χ4v) is 3.54. The van der Waals surface area contributed by atoms with E-state index in [-0.39, 0.29) is 18.3 Å². The smallest absolute Gasteiger partial charge is 0.253 e. The van der Waals surface area contributed by atoms with Crippen molar-refractivity contribution in [2.45, 2.75) is 37.8 Å². The molecule has 1 aromatic carbocycles. The van der Waals surface area contributed by atoms with Gasteiger partial charge in [-0.3, -0.25) is 4.90 Å². The summed E-state index contributed by atoms with van der Waals surface area (Å²) in [5.41, 5.74) is 0. The molecule has 2 aliphatic rings. The minimum atomic E-state index is -0.289. The van der Waals surface area contributed by atoms with Gasteiger partial charge in [-0.25, -0.2) is 4.39 Å². The predicted molar refractivity (Wildman–Crippen MR) is 87.8 cm³/mol. The van der Waals surface area contributed by atoms with Gasteiger partial charge in [0.2, 0.25) is 5.89 Å². The molecule has 1 atom stereocenters. The Morgan fingerprint density at radius 2 is 1.92 bits per heavy atom. The first kappa shape index (κ1) is 16.5. The molecule has 2 saturated heterocycles. The number of hydrogen-bond donors (Lipinski definition) is 0. The van der Waals surface area contributed by atoms with Crippen LogP contribution in [0, 0.1) is 5.82 Å². The molecule has 3 heterocycles. The van der Waals surface area contributed by atoms with Crippen LogP contribution in [-0.2, 0) is 11.3 Å². The lowest BCUT2D eigenvalue weighted by molar-refractivity contribution is 0.0417. The van der Waals surface area contributed by atoms with E-state index in [0.717, 1.165) is 45.6 Å². The Morgan fingerprint density at radius 1 is 1.12 bits per heavy atom. The van der Waals surface area contributed by atoms with Crippen molar-refractivity contribution in [1.82, 2.24) is 15.1 Å². The van der Waals surface area contributed by atoms with Crippen LogP contribution in [0.15, 0.2) is 28.7 Å². The molecule has 0 bridgehead atoms. The number of likely N-dealkylation sites (tertiary alicyclic amines) is 1. The molecule has 0 spiro atoms. The molecule has 1 aromatic heterocycles. The van der Waals surface area contributed by atoms with Gasteiger partial charge in [0, 0.05) is 25.8 Å². The van der Waals surface area contributed by atoms with Gasteiger partial charge in [0.15, 0.2) is 6.61 Å². The van der Waals surface area contributed by atoms with Crippen LogP contribution in [0.1, 0.15) is 37.0 Å². The highest BCUT2D eigenvalue weighted by Crippen LogP contribution is 2.30. The molecular formula is C18H22FN3O3. The molecule has 6 nitrogen and oxygen atoms in total. The zero-order valence-corrected chi connectivity index (χ0v) is 14.1. The maximum absolute atomic E-state index is 12.9. The minimum absolute atomic E-state index is 0.190. The molecule has 134 valence electrons. The Balaban J connectivity index is 1.31. The van der Waals surface area contributed by atoms with Crippen LogP contribution in [-0.4, -0.2) is 47.4 Å². The van der Waals surface area contributed by atoms with E-state index in [1.807, 2.05) is 0 Å². The SMILES string of the molecule is Fc1ccc(OCc2nnc(C3CCN(C4CCOCC4)C3)o2)cc1. The van der Waals surface area contributed by atoms with E-state index in [9.17, 15) is 4.39 Å². The topological polar surface area (TPSA) is 60.6 Å². The van der Waals surface area contributed by atoms with E-state index in [1.54, 1.807) is 12.1 Å². The van der Waals surface area contributed by atoms with Crippen LogP contribution in [0.25, 0.3) is 0 Å². The Kier molecular flexibility index (Phi) is 4.94. The quantitative estimate of drug-likeness (QED) is 0.829. The number of benzene rings is 1. The second kappa shape index (κ2) is 7.49. The predicted octanol–water partition coefficient (Wildman–Crippen LogP) is 2.76. The average Bonchev–Trinajstić information content (AvgIpc) is 3.31. The molecule has 25 heavy (non-hydrogen) atoms. The van der Waals surface area contributed by atoms with Crippen molar-refractivity contribution in [3.8, 4) is 5.75 Å². The van der Waals surface area contributed by atoms with Gasteiger partial charge in [0.05, 0.1) is 5.92 Å². The summed E-state index contributed by atoms with van der Waals surface area (Å²) in [7, 11) is 0. The third-order valence-corrected chi connectivity index (χ3v) is 4.93. The van der Waals surface area contributed by atoms with Gasteiger partial charge in [-0.15, -0.1) is 10.2 Å². The van der Waals surface area contributed by atoms with Crippen molar-refractivity contribution in [2.24, 2.45) is 0 Å². The van der Waals surface area contributed by atoms with Crippen molar-refractivity contribution < 1.29 is 18.3 Å². The molecular weight excluding hydrogens is 325 g/mol. The molecule has 2 aliphatic heterocycles. The molecule has 2 fully saturated rings. The largest absolute Gasteiger partial charge is 0.484 e. The van der Waals surface area contributed by atoms with Crippen molar-refractivity contribution >= 4 is 0 Å². The van der Waals surface area contributed by atoms with Gasteiger partial charge in [-0.2, -0.15) is 0 Å². The van der Waals surface area contributed by atoms with Gasteiger partial charge in [-0.05, 0) is 50.1 Å². The highest BCUT2D eigenvalue weighted by atomic mass is 19.1. The molecule has 0 amide bonds. The van der Waals surface area contributed by atoms with Gasteiger partial charge >= 0.3 is 0 Å². The lowest BCUT2D eigenvalue weighted by atomic mass is 10.1. The number of halogens is 1. The van der Waals surface area contributed by atoms with Crippen LogP contribution < -0.4 is 4.74 Å². The average molecular weight is 347 g/mol. The third kappa shape index (κ3) is 3.99. The molecule has 4 rings (SSSR count). The molecule has 0 N–H and O–H groups in total. The lowest BCUT2D eigenvalue weighted by Gasteiger charge is -2.30. The monoisotopic (exact) mass is 347 g/mol. The summed E-state index contributed by atoms with van der Waals surface area (Å²) in [6.07, 6.45) is 3.25. The van der Waals surface area contributed by atoms with Crippen LogP contribution in [0.3, 0.4) is 0 Å². The third-order valence-electron chi connectivity index (χ3n) is 4.93. The van der Waals surface area contributed by atoms with Crippen molar-refractivity contribution in [3.05, 3.63) is 41.9 Å². The van der Waals surface area contributed by atoms with Crippen LogP contribution in [0.2, 0.25) is 0 Å². The second-order valence-electron chi connectivity index (χ2n) is 6.60. The number of nitrogens with zero attached hydrogens (tertiary/aromatic N) is 3. The summed E-state index contributed by atoms with van der Waals surface area (Å²) in [5, 5.41) is 8.27. The summed E-state index contributed by atoms with van der Waals surface area (Å²) in [4.78, 5) is 2.52. The lowest BCUT2D eigenvalue weighted by Crippen LogP contribution is -2.37. The summed E-state index contributed by atoms with van der Waals surface area (Å²) in [6.45, 7) is 3.94. The maximum atomic E-state index is 12.9. The summed E-state index contributed by atoms with van der Waals surface area (Å²) in [6, 6.07) is 6.49. The summed E-state index contributed by atoms with van der Waals surface area (Å²) in [5.74, 6) is 1.71. The van der Waals surface area contributed by atoms with Gasteiger partial charge < -0.3 is 13.9 Å².